The molecule has 0 saturated heterocycles. The quantitative estimate of drug-likeness (QED) is 0.209. The van der Waals surface area contributed by atoms with Crippen molar-refractivity contribution in [3.8, 4) is 22.8 Å². The molecule has 0 bridgehead atoms. The van der Waals surface area contributed by atoms with Gasteiger partial charge in [-0.2, -0.15) is 5.10 Å². The average molecular weight is 492 g/mol. The summed E-state index contributed by atoms with van der Waals surface area (Å²) >= 11 is 7.33. The molecule has 3 aromatic carbocycles. The zero-order valence-electron chi connectivity index (χ0n) is 18.6. The van der Waals surface area contributed by atoms with E-state index in [1.165, 1.54) is 11.8 Å². The molecule has 172 valence electrons. The molecule has 0 aliphatic rings. The maximum Gasteiger partial charge on any atom is 0.250 e. The second-order valence-electron chi connectivity index (χ2n) is 7.34. The Kier molecular flexibility index (Phi) is 7.61. The Morgan fingerprint density at radius 2 is 1.76 bits per heavy atom. The lowest BCUT2D eigenvalue weighted by molar-refractivity contribution is -0.118. The molecule has 1 N–H and O–H groups in total. The van der Waals surface area contributed by atoms with E-state index in [4.69, 9.17) is 16.3 Å². The molecule has 0 unspecified atom stereocenters. The summed E-state index contributed by atoms with van der Waals surface area (Å²) in [4.78, 5) is 12.4. The molecule has 1 heterocycles. The van der Waals surface area contributed by atoms with Gasteiger partial charge in [-0.1, -0.05) is 41.1 Å². The number of nitrogens with one attached hydrogen (secondary N) is 1. The summed E-state index contributed by atoms with van der Waals surface area (Å²) in [6, 6.07) is 22.8. The number of aromatic nitrogens is 3. The first-order chi connectivity index (χ1) is 16.5. The van der Waals surface area contributed by atoms with E-state index < -0.39 is 0 Å². The molecule has 7 nitrogen and oxygen atoms in total. The van der Waals surface area contributed by atoms with Crippen LogP contribution in [0.5, 0.6) is 5.75 Å². The van der Waals surface area contributed by atoms with E-state index >= 15 is 0 Å². The van der Waals surface area contributed by atoms with E-state index in [-0.39, 0.29) is 11.7 Å². The third-order valence-electron chi connectivity index (χ3n) is 4.88. The van der Waals surface area contributed by atoms with Crippen LogP contribution in [0, 0.1) is 6.92 Å². The van der Waals surface area contributed by atoms with Crippen molar-refractivity contribution >= 4 is 35.5 Å². The molecule has 4 rings (SSSR count). The van der Waals surface area contributed by atoms with Crippen molar-refractivity contribution in [3.05, 3.63) is 88.9 Å². The van der Waals surface area contributed by atoms with Gasteiger partial charge in [0.25, 0.3) is 5.91 Å². The number of amides is 1. The van der Waals surface area contributed by atoms with E-state index in [2.05, 4.69) is 20.7 Å². The van der Waals surface area contributed by atoms with Gasteiger partial charge in [0, 0.05) is 16.3 Å². The summed E-state index contributed by atoms with van der Waals surface area (Å²) in [5.41, 5.74) is 6.32. The Hall–Kier alpha value is -3.62. The Balaban J connectivity index is 1.48. The number of hydrazone groups is 1. The summed E-state index contributed by atoms with van der Waals surface area (Å²) in [7, 11) is 1.61. The van der Waals surface area contributed by atoms with E-state index in [1.807, 2.05) is 84.3 Å². The van der Waals surface area contributed by atoms with Crippen LogP contribution in [0.15, 0.2) is 83.1 Å². The van der Waals surface area contributed by atoms with Gasteiger partial charge in [-0.05, 0) is 73.2 Å². The molecular weight excluding hydrogens is 470 g/mol. The van der Waals surface area contributed by atoms with Crippen LogP contribution in [-0.4, -0.2) is 39.7 Å². The Bertz CT molecular complexity index is 1290. The molecule has 1 amide bonds. The molecule has 9 heteroatoms. The molecule has 0 aliphatic heterocycles. The molecule has 0 spiro atoms. The number of carbonyl (C=O) groups is 1. The largest absolute Gasteiger partial charge is 0.497 e. The average Bonchev–Trinajstić information content (AvgIpc) is 3.28. The van der Waals surface area contributed by atoms with Crippen LogP contribution in [0.25, 0.3) is 17.1 Å². The maximum atomic E-state index is 12.4. The zero-order valence-corrected chi connectivity index (χ0v) is 20.2. The van der Waals surface area contributed by atoms with E-state index in [0.717, 1.165) is 28.1 Å². The van der Waals surface area contributed by atoms with Crippen LogP contribution in [0.2, 0.25) is 5.02 Å². The number of carbonyl (C=O) groups excluding carboxylic acids is 1. The zero-order chi connectivity index (χ0) is 23.9. The fourth-order valence-corrected chi connectivity index (χ4v) is 3.98. The molecular formula is C25H22ClN5O2S. The van der Waals surface area contributed by atoms with Crippen molar-refractivity contribution < 1.29 is 9.53 Å². The monoisotopic (exact) mass is 491 g/mol. The fraction of sp³-hybridized carbons (Fsp3) is 0.120. The SMILES string of the molecule is COc1ccc(/C=N\NC(=O)CSc2nnc(-c3ccc(Cl)cc3)n2-c2ccc(C)cc2)cc1. The van der Waals surface area contributed by atoms with Gasteiger partial charge in [0.1, 0.15) is 5.75 Å². The molecule has 1 aromatic heterocycles. The first-order valence-corrected chi connectivity index (χ1v) is 11.8. The third-order valence-corrected chi connectivity index (χ3v) is 6.06. The number of thioether (sulfide) groups is 1. The third kappa shape index (κ3) is 5.84. The van der Waals surface area contributed by atoms with Gasteiger partial charge in [0.2, 0.25) is 0 Å². The Labute approximate surface area is 206 Å². The molecule has 0 saturated carbocycles. The van der Waals surface area contributed by atoms with E-state index in [9.17, 15) is 4.79 Å². The highest BCUT2D eigenvalue weighted by molar-refractivity contribution is 7.99. The number of ether oxygens (including phenoxy) is 1. The number of rotatable bonds is 8. The number of hydrogen-bond donors (Lipinski definition) is 1. The first kappa shape index (κ1) is 23.5. The lowest BCUT2D eigenvalue weighted by Crippen LogP contribution is -2.20. The lowest BCUT2D eigenvalue weighted by Gasteiger charge is -2.10. The van der Waals surface area contributed by atoms with Crippen molar-refractivity contribution in [2.75, 3.05) is 12.9 Å². The standard InChI is InChI=1S/C25H22ClN5O2S/c1-17-3-11-21(12-4-17)31-24(19-7-9-20(26)10-8-19)29-30-25(31)34-16-23(32)28-27-15-18-5-13-22(33-2)14-6-18/h3-15H,16H2,1-2H3,(H,28,32)/b27-15-. The minimum Gasteiger partial charge on any atom is -0.497 e. The predicted octanol–water partition coefficient (Wildman–Crippen LogP) is 5.15. The number of aryl methyl sites for hydroxylation is 1. The maximum absolute atomic E-state index is 12.4. The smallest absolute Gasteiger partial charge is 0.250 e. The van der Waals surface area contributed by atoms with Crippen LogP contribution < -0.4 is 10.2 Å². The highest BCUT2D eigenvalue weighted by Gasteiger charge is 2.17. The van der Waals surface area contributed by atoms with Gasteiger partial charge < -0.3 is 4.74 Å². The minimum atomic E-state index is -0.249. The number of hydrogen-bond acceptors (Lipinski definition) is 6. The summed E-state index contributed by atoms with van der Waals surface area (Å²) < 4.78 is 7.06. The van der Waals surface area contributed by atoms with Crippen LogP contribution in [-0.2, 0) is 4.79 Å². The topological polar surface area (TPSA) is 81.4 Å². The van der Waals surface area contributed by atoms with Gasteiger partial charge in [0.05, 0.1) is 19.1 Å². The van der Waals surface area contributed by atoms with Gasteiger partial charge >= 0.3 is 0 Å². The van der Waals surface area contributed by atoms with Gasteiger partial charge in [-0.15, -0.1) is 10.2 Å². The van der Waals surface area contributed by atoms with Gasteiger partial charge in [0.15, 0.2) is 11.0 Å². The van der Waals surface area contributed by atoms with Gasteiger partial charge in [-0.3, -0.25) is 9.36 Å². The summed E-state index contributed by atoms with van der Waals surface area (Å²) in [5, 5.41) is 14.0. The van der Waals surface area contributed by atoms with Crippen molar-refractivity contribution in [1.82, 2.24) is 20.2 Å². The fourth-order valence-electron chi connectivity index (χ4n) is 3.11. The highest BCUT2D eigenvalue weighted by Crippen LogP contribution is 2.28. The lowest BCUT2D eigenvalue weighted by atomic mass is 10.2. The predicted molar refractivity (Wildman–Crippen MR) is 136 cm³/mol. The van der Waals surface area contributed by atoms with Crippen LogP contribution in [0.4, 0.5) is 0 Å². The number of halogens is 1. The summed E-state index contributed by atoms with van der Waals surface area (Å²) in [5.74, 6) is 1.31. The second-order valence-corrected chi connectivity index (χ2v) is 8.72. The Morgan fingerprint density at radius 3 is 2.44 bits per heavy atom. The first-order valence-electron chi connectivity index (χ1n) is 10.4. The van der Waals surface area contributed by atoms with Crippen molar-refractivity contribution in [2.45, 2.75) is 12.1 Å². The minimum absolute atomic E-state index is 0.130. The Morgan fingerprint density at radius 1 is 1.06 bits per heavy atom. The summed E-state index contributed by atoms with van der Waals surface area (Å²) in [6.45, 7) is 2.03. The van der Waals surface area contributed by atoms with Crippen LogP contribution in [0.3, 0.4) is 0 Å². The van der Waals surface area contributed by atoms with Crippen LogP contribution >= 0.6 is 23.4 Å². The number of methoxy groups -OCH3 is 1. The molecule has 4 aromatic rings. The van der Waals surface area contributed by atoms with Crippen molar-refractivity contribution in [1.29, 1.82) is 0 Å². The normalized spacial score (nSPS) is 11.0. The molecule has 0 fully saturated rings. The van der Waals surface area contributed by atoms with E-state index in [0.29, 0.717) is 16.0 Å². The van der Waals surface area contributed by atoms with Gasteiger partial charge in [-0.25, -0.2) is 5.43 Å². The van der Waals surface area contributed by atoms with Crippen molar-refractivity contribution in [3.63, 3.8) is 0 Å². The number of nitrogens with zero attached hydrogens (tertiary/aromatic N) is 4. The van der Waals surface area contributed by atoms with E-state index in [1.54, 1.807) is 13.3 Å². The molecule has 0 atom stereocenters. The second kappa shape index (κ2) is 11.0. The van der Waals surface area contributed by atoms with Crippen molar-refractivity contribution in [2.24, 2.45) is 5.10 Å². The molecule has 0 aliphatic carbocycles. The molecule has 34 heavy (non-hydrogen) atoms. The number of benzene rings is 3. The highest BCUT2D eigenvalue weighted by atomic mass is 35.5. The van der Waals surface area contributed by atoms with Crippen LogP contribution in [0.1, 0.15) is 11.1 Å². The molecule has 0 radical (unpaired) electrons. The summed E-state index contributed by atoms with van der Waals surface area (Å²) in [6.07, 6.45) is 1.58.